The maximum absolute atomic E-state index is 7.97. The number of rotatable bonds is 3. The molecule has 3 N–H and O–H groups in total. The minimum atomic E-state index is 0.328. The summed E-state index contributed by atoms with van der Waals surface area (Å²) in [6.07, 6.45) is 8.12. The van der Waals surface area contributed by atoms with Gasteiger partial charge in [-0.25, -0.2) is 0 Å². The van der Waals surface area contributed by atoms with Crippen molar-refractivity contribution in [1.29, 1.82) is 5.41 Å². The molecule has 0 saturated heterocycles. The summed E-state index contributed by atoms with van der Waals surface area (Å²) in [6, 6.07) is 0. The van der Waals surface area contributed by atoms with Crippen LogP contribution in [0.1, 0.15) is 65.7 Å². The van der Waals surface area contributed by atoms with Gasteiger partial charge in [0.2, 0.25) is 0 Å². The van der Waals surface area contributed by atoms with E-state index in [4.69, 9.17) is 11.1 Å². The zero-order valence-corrected chi connectivity index (χ0v) is 11.7. The Morgan fingerprint density at radius 3 is 2.65 bits per heavy atom. The fraction of sp³-hybridized carbons (Fsp3) is 0.800. The van der Waals surface area contributed by atoms with Gasteiger partial charge in [0.1, 0.15) is 0 Å². The van der Waals surface area contributed by atoms with Crippen LogP contribution in [-0.4, -0.2) is 5.71 Å². The Balaban J connectivity index is 2.90. The largest absolute Gasteiger partial charge is 0.402 e. The molecule has 0 radical (unpaired) electrons. The van der Waals surface area contributed by atoms with Crippen molar-refractivity contribution in [3.8, 4) is 0 Å². The fourth-order valence-corrected chi connectivity index (χ4v) is 2.86. The van der Waals surface area contributed by atoms with Crippen LogP contribution in [0.3, 0.4) is 0 Å². The van der Waals surface area contributed by atoms with Crippen molar-refractivity contribution in [2.75, 3.05) is 0 Å². The molecule has 2 atom stereocenters. The third-order valence-electron chi connectivity index (χ3n) is 3.97. The zero-order valence-electron chi connectivity index (χ0n) is 11.7. The summed E-state index contributed by atoms with van der Waals surface area (Å²) in [5, 5.41) is 7.97. The molecule has 2 heteroatoms. The first-order valence-corrected chi connectivity index (χ1v) is 7.08. The lowest BCUT2D eigenvalue weighted by Gasteiger charge is -2.27. The SMILES string of the molecule is CCC/C(N)=C1\CCC(C)CCCC1C(C)=N. The van der Waals surface area contributed by atoms with E-state index in [-0.39, 0.29) is 0 Å². The van der Waals surface area contributed by atoms with Gasteiger partial charge in [-0.3, -0.25) is 0 Å². The Bertz CT molecular complexity index is 291. The first-order valence-electron chi connectivity index (χ1n) is 7.08. The van der Waals surface area contributed by atoms with Crippen molar-refractivity contribution in [2.45, 2.75) is 65.7 Å². The minimum Gasteiger partial charge on any atom is -0.402 e. The molecular formula is C15H28N2. The number of nitrogens with one attached hydrogen (secondary N) is 1. The molecule has 1 fully saturated rings. The van der Waals surface area contributed by atoms with Gasteiger partial charge in [0.25, 0.3) is 0 Å². The molecule has 17 heavy (non-hydrogen) atoms. The van der Waals surface area contributed by atoms with Gasteiger partial charge in [0, 0.05) is 17.3 Å². The van der Waals surface area contributed by atoms with E-state index >= 15 is 0 Å². The van der Waals surface area contributed by atoms with Gasteiger partial charge >= 0.3 is 0 Å². The lowest BCUT2D eigenvalue weighted by atomic mass is 9.79. The van der Waals surface area contributed by atoms with Crippen LogP contribution in [0.4, 0.5) is 0 Å². The van der Waals surface area contributed by atoms with Gasteiger partial charge in [0.05, 0.1) is 0 Å². The van der Waals surface area contributed by atoms with Gasteiger partial charge < -0.3 is 11.1 Å². The zero-order chi connectivity index (χ0) is 12.8. The summed E-state index contributed by atoms with van der Waals surface area (Å²) in [5.41, 5.74) is 9.48. The first kappa shape index (κ1) is 14.3. The van der Waals surface area contributed by atoms with Crippen LogP contribution in [0.5, 0.6) is 0 Å². The number of allylic oxidation sites excluding steroid dienone is 2. The summed E-state index contributed by atoms with van der Waals surface area (Å²) in [5.74, 6) is 1.14. The van der Waals surface area contributed by atoms with Crippen LogP contribution >= 0.6 is 0 Å². The molecule has 0 aromatic heterocycles. The number of hydrogen-bond donors (Lipinski definition) is 2. The molecule has 0 heterocycles. The molecule has 98 valence electrons. The lowest BCUT2D eigenvalue weighted by molar-refractivity contribution is 0.419. The number of nitrogens with two attached hydrogens (primary N) is 1. The van der Waals surface area contributed by atoms with Gasteiger partial charge in [-0.15, -0.1) is 0 Å². The highest BCUT2D eigenvalue weighted by molar-refractivity contribution is 5.84. The normalized spacial score (nSPS) is 29.4. The van der Waals surface area contributed by atoms with Crippen molar-refractivity contribution < 1.29 is 0 Å². The van der Waals surface area contributed by atoms with E-state index in [1.165, 1.54) is 24.8 Å². The highest BCUT2D eigenvalue weighted by Gasteiger charge is 2.22. The summed E-state index contributed by atoms with van der Waals surface area (Å²) in [4.78, 5) is 0. The molecule has 1 aliphatic carbocycles. The van der Waals surface area contributed by atoms with Gasteiger partial charge in [0.15, 0.2) is 0 Å². The molecule has 0 amide bonds. The Labute approximate surface area is 106 Å². The molecule has 1 rings (SSSR count). The molecule has 1 saturated carbocycles. The summed E-state index contributed by atoms with van der Waals surface area (Å²) >= 11 is 0. The average molecular weight is 236 g/mol. The molecular weight excluding hydrogens is 208 g/mol. The summed E-state index contributed by atoms with van der Waals surface area (Å²) < 4.78 is 0. The molecule has 2 nitrogen and oxygen atoms in total. The van der Waals surface area contributed by atoms with E-state index in [1.54, 1.807) is 0 Å². The van der Waals surface area contributed by atoms with E-state index in [0.717, 1.165) is 43.0 Å². The van der Waals surface area contributed by atoms with Gasteiger partial charge in [-0.1, -0.05) is 33.1 Å². The highest BCUT2D eigenvalue weighted by atomic mass is 14.6. The Morgan fingerprint density at radius 2 is 2.06 bits per heavy atom. The van der Waals surface area contributed by atoms with Gasteiger partial charge in [-0.2, -0.15) is 0 Å². The predicted octanol–water partition coefficient (Wildman–Crippen LogP) is 4.26. The quantitative estimate of drug-likeness (QED) is 0.707. The molecule has 0 aromatic rings. The number of hydrogen-bond acceptors (Lipinski definition) is 2. The van der Waals surface area contributed by atoms with E-state index < -0.39 is 0 Å². The third kappa shape index (κ3) is 4.18. The van der Waals surface area contributed by atoms with E-state index in [0.29, 0.717) is 5.92 Å². The topological polar surface area (TPSA) is 49.9 Å². The monoisotopic (exact) mass is 236 g/mol. The molecule has 2 unspecified atom stereocenters. The minimum absolute atomic E-state index is 0.328. The smallest absolute Gasteiger partial charge is 0.0192 e. The lowest BCUT2D eigenvalue weighted by Crippen LogP contribution is -2.20. The van der Waals surface area contributed by atoms with E-state index in [2.05, 4.69) is 13.8 Å². The molecule has 0 spiro atoms. The maximum Gasteiger partial charge on any atom is 0.0192 e. The maximum atomic E-state index is 7.97. The van der Waals surface area contributed by atoms with Crippen LogP contribution < -0.4 is 5.73 Å². The highest BCUT2D eigenvalue weighted by Crippen LogP contribution is 2.32. The second-order valence-corrected chi connectivity index (χ2v) is 5.61. The van der Waals surface area contributed by atoms with Crippen molar-refractivity contribution in [1.82, 2.24) is 0 Å². The summed E-state index contributed by atoms with van der Waals surface area (Å²) in [7, 11) is 0. The average Bonchev–Trinajstić information content (AvgIpc) is 2.23. The fourth-order valence-electron chi connectivity index (χ4n) is 2.86. The Hall–Kier alpha value is -0.790. The summed E-state index contributed by atoms with van der Waals surface area (Å²) in [6.45, 7) is 6.45. The van der Waals surface area contributed by atoms with Crippen molar-refractivity contribution in [3.05, 3.63) is 11.3 Å². The Morgan fingerprint density at radius 1 is 1.35 bits per heavy atom. The third-order valence-corrected chi connectivity index (χ3v) is 3.97. The van der Waals surface area contributed by atoms with Crippen LogP contribution in [0.25, 0.3) is 0 Å². The van der Waals surface area contributed by atoms with Crippen molar-refractivity contribution in [2.24, 2.45) is 17.6 Å². The van der Waals surface area contributed by atoms with Crippen LogP contribution in [0.15, 0.2) is 11.3 Å². The first-order chi connectivity index (χ1) is 8.06. The van der Waals surface area contributed by atoms with E-state index in [9.17, 15) is 0 Å². The van der Waals surface area contributed by atoms with E-state index in [1.807, 2.05) is 6.92 Å². The standard InChI is InChI=1S/C15H28N2/c1-4-6-15(17)14-10-9-11(2)7-5-8-13(14)12(3)16/h11,13,16H,4-10,17H2,1-3H3/b15-14-,16-12?. The Kier molecular flexibility index (Phi) is 5.73. The van der Waals surface area contributed by atoms with Crippen LogP contribution in [0, 0.1) is 17.2 Å². The second-order valence-electron chi connectivity index (χ2n) is 5.61. The molecule has 0 aliphatic heterocycles. The van der Waals surface area contributed by atoms with Crippen LogP contribution in [-0.2, 0) is 0 Å². The van der Waals surface area contributed by atoms with Crippen molar-refractivity contribution in [3.63, 3.8) is 0 Å². The molecule has 1 aliphatic rings. The second kappa shape index (κ2) is 6.83. The van der Waals surface area contributed by atoms with Gasteiger partial charge in [-0.05, 0) is 44.1 Å². The molecule has 0 bridgehead atoms. The van der Waals surface area contributed by atoms with Crippen molar-refractivity contribution >= 4 is 5.71 Å². The molecule has 0 aromatic carbocycles. The van der Waals surface area contributed by atoms with Crippen LogP contribution in [0.2, 0.25) is 0 Å². The predicted molar refractivity (Wildman–Crippen MR) is 75.3 cm³/mol.